The minimum atomic E-state index is -0.847. The third-order valence-electron chi connectivity index (χ3n) is 3.80. The van der Waals surface area contributed by atoms with Crippen LogP contribution in [0.4, 0.5) is 0 Å². The molecular weight excluding hydrogens is 204 g/mol. The third kappa shape index (κ3) is 0.944. The molecule has 0 aliphatic carbocycles. The lowest BCUT2D eigenvalue weighted by Crippen LogP contribution is -2.34. The highest BCUT2D eigenvalue weighted by Gasteiger charge is 2.61. The minimum absolute atomic E-state index is 0.277. The SMILES string of the molecule is COC(=O)[C@@]12CC[C@@](C)(O1)c1ccccc12. The first-order valence-corrected chi connectivity index (χ1v) is 5.51. The Labute approximate surface area is 94.4 Å². The number of rotatable bonds is 1. The first-order valence-electron chi connectivity index (χ1n) is 5.51. The van der Waals surface area contributed by atoms with Gasteiger partial charge in [-0.2, -0.15) is 0 Å². The second-order valence-corrected chi connectivity index (χ2v) is 4.70. The van der Waals surface area contributed by atoms with Crippen LogP contribution < -0.4 is 0 Å². The Kier molecular flexibility index (Phi) is 1.76. The molecule has 1 saturated heterocycles. The molecule has 1 aromatic carbocycles. The summed E-state index contributed by atoms with van der Waals surface area (Å²) in [5.41, 5.74) is 0.951. The Morgan fingerprint density at radius 1 is 1.31 bits per heavy atom. The summed E-state index contributed by atoms with van der Waals surface area (Å²) in [4.78, 5) is 12.0. The van der Waals surface area contributed by atoms with Crippen LogP contribution in [0.15, 0.2) is 24.3 Å². The Bertz CT molecular complexity index is 468. The molecule has 2 aliphatic rings. The van der Waals surface area contributed by atoms with Crippen molar-refractivity contribution in [1.29, 1.82) is 0 Å². The highest BCUT2D eigenvalue weighted by Crippen LogP contribution is 2.58. The lowest BCUT2D eigenvalue weighted by molar-refractivity contribution is -0.172. The van der Waals surface area contributed by atoms with E-state index in [0.29, 0.717) is 6.42 Å². The van der Waals surface area contributed by atoms with Gasteiger partial charge in [0.1, 0.15) is 0 Å². The minimum Gasteiger partial charge on any atom is -0.467 e. The molecule has 0 spiro atoms. The van der Waals surface area contributed by atoms with E-state index in [4.69, 9.17) is 9.47 Å². The first-order chi connectivity index (χ1) is 7.62. The predicted octanol–water partition coefficient (Wildman–Crippen LogP) is 2.09. The summed E-state index contributed by atoms with van der Waals surface area (Å²) >= 11 is 0. The van der Waals surface area contributed by atoms with Crippen molar-refractivity contribution in [3.8, 4) is 0 Å². The van der Waals surface area contributed by atoms with E-state index >= 15 is 0 Å². The van der Waals surface area contributed by atoms with Gasteiger partial charge in [0, 0.05) is 5.56 Å². The Hall–Kier alpha value is -1.35. The largest absolute Gasteiger partial charge is 0.467 e. The van der Waals surface area contributed by atoms with E-state index < -0.39 is 5.60 Å². The molecule has 2 atom stereocenters. The fourth-order valence-corrected chi connectivity index (χ4v) is 3.00. The molecule has 0 radical (unpaired) electrons. The van der Waals surface area contributed by atoms with E-state index in [0.717, 1.165) is 17.5 Å². The quantitative estimate of drug-likeness (QED) is 0.677. The van der Waals surface area contributed by atoms with Gasteiger partial charge in [0.05, 0.1) is 12.7 Å². The van der Waals surface area contributed by atoms with Crippen molar-refractivity contribution in [3.63, 3.8) is 0 Å². The van der Waals surface area contributed by atoms with Gasteiger partial charge in [0.25, 0.3) is 0 Å². The van der Waals surface area contributed by atoms with Crippen molar-refractivity contribution in [1.82, 2.24) is 0 Å². The maximum absolute atomic E-state index is 12.0. The average molecular weight is 218 g/mol. The predicted molar refractivity (Wildman–Crippen MR) is 57.8 cm³/mol. The van der Waals surface area contributed by atoms with Gasteiger partial charge in [-0.05, 0) is 25.3 Å². The molecule has 3 nitrogen and oxygen atoms in total. The lowest BCUT2D eigenvalue weighted by atomic mass is 9.77. The van der Waals surface area contributed by atoms with Crippen LogP contribution in [0.2, 0.25) is 0 Å². The third-order valence-corrected chi connectivity index (χ3v) is 3.80. The number of esters is 1. The summed E-state index contributed by atoms with van der Waals surface area (Å²) in [6.45, 7) is 2.05. The summed E-state index contributed by atoms with van der Waals surface area (Å²) in [6, 6.07) is 7.94. The first kappa shape index (κ1) is 9.85. The molecule has 1 fully saturated rings. The van der Waals surface area contributed by atoms with Crippen LogP contribution >= 0.6 is 0 Å². The zero-order valence-electron chi connectivity index (χ0n) is 9.45. The maximum atomic E-state index is 12.0. The number of methoxy groups -OCH3 is 1. The molecule has 84 valence electrons. The van der Waals surface area contributed by atoms with E-state index in [1.807, 2.05) is 31.2 Å². The highest BCUT2D eigenvalue weighted by molar-refractivity contribution is 5.84. The van der Waals surface area contributed by atoms with Crippen LogP contribution in [-0.2, 0) is 25.5 Å². The number of benzene rings is 1. The second-order valence-electron chi connectivity index (χ2n) is 4.70. The van der Waals surface area contributed by atoms with Crippen molar-refractivity contribution in [2.24, 2.45) is 0 Å². The van der Waals surface area contributed by atoms with Crippen molar-refractivity contribution in [2.45, 2.75) is 31.0 Å². The van der Waals surface area contributed by atoms with Crippen LogP contribution in [0.1, 0.15) is 30.9 Å². The van der Waals surface area contributed by atoms with Crippen molar-refractivity contribution < 1.29 is 14.3 Å². The van der Waals surface area contributed by atoms with Gasteiger partial charge in [-0.15, -0.1) is 0 Å². The van der Waals surface area contributed by atoms with Gasteiger partial charge in [0.2, 0.25) is 0 Å². The Balaban J connectivity index is 2.22. The van der Waals surface area contributed by atoms with Crippen molar-refractivity contribution >= 4 is 5.97 Å². The van der Waals surface area contributed by atoms with Gasteiger partial charge < -0.3 is 9.47 Å². The molecule has 3 heteroatoms. The second kappa shape index (κ2) is 2.86. The van der Waals surface area contributed by atoms with Gasteiger partial charge in [0.15, 0.2) is 5.60 Å². The Morgan fingerprint density at radius 2 is 2.00 bits per heavy atom. The van der Waals surface area contributed by atoms with Crippen molar-refractivity contribution in [3.05, 3.63) is 35.4 Å². The van der Waals surface area contributed by atoms with Crippen LogP contribution in [0.3, 0.4) is 0 Å². The monoisotopic (exact) mass is 218 g/mol. The van der Waals surface area contributed by atoms with Crippen LogP contribution in [0, 0.1) is 0 Å². The fraction of sp³-hybridized carbons (Fsp3) is 0.462. The molecule has 0 amide bonds. The highest BCUT2D eigenvalue weighted by atomic mass is 16.6. The van der Waals surface area contributed by atoms with E-state index in [1.165, 1.54) is 7.11 Å². The normalized spacial score (nSPS) is 34.9. The van der Waals surface area contributed by atoms with Crippen LogP contribution in [0.5, 0.6) is 0 Å². The average Bonchev–Trinajstić information content (AvgIpc) is 2.80. The summed E-state index contributed by atoms with van der Waals surface area (Å²) < 4.78 is 10.9. The number of carbonyl (C=O) groups is 1. The van der Waals surface area contributed by atoms with E-state index in [1.54, 1.807) is 0 Å². The molecule has 2 bridgehead atoms. The number of fused-ring (bicyclic) bond motifs is 5. The lowest BCUT2D eigenvalue weighted by Gasteiger charge is -2.23. The summed E-state index contributed by atoms with van der Waals surface area (Å²) in [5, 5.41) is 0. The van der Waals surface area contributed by atoms with Gasteiger partial charge in [-0.1, -0.05) is 24.3 Å². The molecule has 2 heterocycles. The van der Waals surface area contributed by atoms with Gasteiger partial charge in [-0.25, -0.2) is 4.79 Å². The molecule has 0 N–H and O–H groups in total. The number of hydrogen-bond acceptors (Lipinski definition) is 3. The summed E-state index contributed by atoms with van der Waals surface area (Å²) in [7, 11) is 1.41. The van der Waals surface area contributed by atoms with Gasteiger partial charge >= 0.3 is 5.97 Å². The summed E-state index contributed by atoms with van der Waals surface area (Å²) in [5.74, 6) is -0.277. The van der Waals surface area contributed by atoms with Gasteiger partial charge in [-0.3, -0.25) is 0 Å². The molecule has 2 aliphatic heterocycles. The van der Waals surface area contributed by atoms with E-state index in [9.17, 15) is 4.79 Å². The zero-order chi connectivity index (χ0) is 11.4. The van der Waals surface area contributed by atoms with Crippen LogP contribution in [-0.4, -0.2) is 13.1 Å². The zero-order valence-corrected chi connectivity index (χ0v) is 9.45. The molecule has 0 unspecified atom stereocenters. The summed E-state index contributed by atoms with van der Waals surface area (Å²) in [6.07, 6.45) is 1.59. The molecule has 0 saturated carbocycles. The molecule has 1 aromatic rings. The number of ether oxygens (including phenoxy) is 2. The standard InChI is InChI=1S/C13H14O3/c1-12-7-8-13(16-12,11(14)15-2)10-6-4-3-5-9(10)12/h3-6H,7-8H2,1-2H3/t12-,13+/m1/s1. The Morgan fingerprint density at radius 3 is 2.69 bits per heavy atom. The van der Waals surface area contributed by atoms with Crippen molar-refractivity contribution in [2.75, 3.05) is 7.11 Å². The fourth-order valence-electron chi connectivity index (χ4n) is 3.00. The molecular formula is C13H14O3. The number of hydrogen-bond donors (Lipinski definition) is 0. The molecule has 3 rings (SSSR count). The molecule has 0 aromatic heterocycles. The van der Waals surface area contributed by atoms with Crippen LogP contribution in [0.25, 0.3) is 0 Å². The topological polar surface area (TPSA) is 35.5 Å². The van der Waals surface area contributed by atoms with E-state index in [2.05, 4.69) is 0 Å². The smallest absolute Gasteiger partial charge is 0.342 e. The molecule has 16 heavy (non-hydrogen) atoms. The van der Waals surface area contributed by atoms with E-state index in [-0.39, 0.29) is 11.6 Å². The maximum Gasteiger partial charge on any atom is 0.342 e. The number of carbonyl (C=O) groups excluding carboxylic acids is 1.